The molecule has 2 rings (SSSR count). The Balaban J connectivity index is 1.55. The van der Waals surface area contributed by atoms with Crippen LogP contribution in [0.3, 0.4) is 0 Å². The van der Waals surface area contributed by atoms with E-state index in [0.717, 1.165) is 12.1 Å². The van der Waals surface area contributed by atoms with Crippen molar-refractivity contribution in [1.82, 2.24) is 5.43 Å². The summed E-state index contributed by atoms with van der Waals surface area (Å²) in [6.45, 7) is 6.45. The van der Waals surface area contributed by atoms with Crippen LogP contribution < -0.4 is 10.4 Å². The van der Waals surface area contributed by atoms with E-state index < -0.39 is 0 Å². The third kappa shape index (κ3) is 7.96. The minimum Gasteiger partial charge on any atom is -0.281 e. The van der Waals surface area contributed by atoms with Gasteiger partial charge in [0, 0.05) is 0 Å². The van der Waals surface area contributed by atoms with E-state index in [0.29, 0.717) is 0 Å². The molecule has 0 radical (unpaired) electrons. The molecule has 0 saturated carbocycles. The standard InChI is InChI=1S/C27H46N2O/c1-4-5-6-7-8-9-10-11-12-13-14-15-16-20-23-25-27(2,3)26(30)28-29(25)24-21-18-17-19-22-24/h17-19,21-22,25H,4-16,20,23H2,1-3H3,(H,28,30). The van der Waals surface area contributed by atoms with Crippen molar-refractivity contribution < 1.29 is 4.79 Å². The lowest BCUT2D eigenvalue weighted by atomic mass is 9.82. The van der Waals surface area contributed by atoms with Gasteiger partial charge in [0.1, 0.15) is 0 Å². The number of nitrogens with one attached hydrogen (secondary N) is 1. The Labute approximate surface area is 186 Å². The maximum atomic E-state index is 12.5. The van der Waals surface area contributed by atoms with Gasteiger partial charge in [-0.2, -0.15) is 0 Å². The summed E-state index contributed by atoms with van der Waals surface area (Å²) in [5.74, 6) is 0.140. The molecule has 1 saturated heterocycles. The molecule has 3 nitrogen and oxygen atoms in total. The number of hydrazine groups is 1. The zero-order valence-electron chi connectivity index (χ0n) is 19.9. The van der Waals surface area contributed by atoms with Crippen molar-refractivity contribution in [2.75, 3.05) is 5.01 Å². The first kappa shape index (κ1) is 24.8. The highest BCUT2D eigenvalue weighted by Gasteiger charge is 2.47. The van der Waals surface area contributed by atoms with Gasteiger partial charge in [-0.05, 0) is 32.4 Å². The first-order valence-electron chi connectivity index (χ1n) is 12.7. The number of unbranched alkanes of at least 4 members (excludes halogenated alkanes) is 13. The summed E-state index contributed by atoms with van der Waals surface area (Å²) in [6.07, 6.45) is 20.4. The van der Waals surface area contributed by atoms with Crippen molar-refractivity contribution >= 4 is 11.6 Å². The molecule has 0 aromatic heterocycles. The van der Waals surface area contributed by atoms with E-state index in [1.165, 1.54) is 89.9 Å². The summed E-state index contributed by atoms with van der Waals surface area (Å²) in [6, 6.07) is 10.5. The van der Waals surface area contributed by atoms with E-state index in [2.05, 4.69) is 43.3 Å². The molecule has 170 valence electrons. The van der Waals surface area contributed by atoms with Crippen LogP contribution in [0.5, 0.6) is 0 Å². The van der Waals surface area contributed by atoms with Crippen LogP contribution in [0.15, 0.2) is 30.3 Å². The summed E-state index contributed by atoms with van der Waals surface area (Å²) in [5, 5.41) is 2.10. The van der Waals surface area contributed by atoms with Gasteiger partial charge in [0.2, 0.25) is 5.91 Å². The molecule has 1 N–H and O–H groups in total. The van der Waals surface area contributed by atoms with Gasteiger partial charge in [-0.15, -0.1) is 0 Å². The molecular weight excluding hydrogens is 368 g/mol. The molecule has 0 spiro atoms. The molecule has 30 heavy (non-hydrogen) atoms. The first-order valence-corrected chi connectivity index (χ1v) is 12.7. The molecule has 0 aliphatic carbocycles. The van der Waals surface area contributed by atoms with Gasteiger partial charge in [0.15, 0.2) is 0 Å². The smallest absolute Gasteiger partial charge is 0.246 e. The highest BCUT2D eigenvalue weighted by Crippen LogP contribution is 2.36. The molecule has 1 fully saturated rings. The van der Waals surface area contributed by atoms with Gasteiger partial charge in [-0.1, -0.05) is 115 Å². The lowest BCUT2D eigenvalue weighted by Gasteiger charge is -2.31. The molecule has 1 aromatic rings. The van der Waals surface area contributed by atoms with Crippen LogP contribution in [0.25, 0.3) is 0 Å². The number of carbonyl (C=O) groups excluding carboxylic acids is 1. The molecular formula is C27H46N2O. The zero-order chi connectivity index (χ0) is 21.7. The Morgan fingerprint density at radius 2 is 1.23 bits per heavy atom. The Hall–Kier alpha value is -1.51. The third-order valence-electron chi connectivity index (χ3n) is 6.82. The largest absolute Gasteiger partial charge is 0.281 e. The van der Waals surface area contributed by atoms with Crippen LogP contribution in [0.2, 0.25) is 0 Å². The van der Waals surface area contributed by atoms with E-state index in [-0.39, 0.29) is 17.4 Å². The molecule has 1 aliphatic heterocycles. The van der Waals surface area contributed by atoms with Gasteiger partial charge < -0.3 is 0 Å². The van der Waals surface area contributed by atoms with Crippen LogP contribution in [-0.2, 0) is 4.79 Å². The van der Waals surface area contributed by atoms with Crippen molar-refractivity contribution in [3.8, 4) is 0 Å². The van der Waals surface area contributed by atoms with Crippen molar-refractivity contribution in [2.24, 2.45) is 5.41 Å². The zero-order valence-corrected chi connectivity index (χ0v) is 19.9. The number of para-hydroxylation sites is 1. The fourth-order valence-electron chi connectivity index (χ4n) is 4.66. The summed E-state index contributed by atoms with van der Waals surface area (Å²) >= 11 is 0. The van der Waals surface area contributed by atoms with Gasteiger partial charge in [0.25, 0.3) is 0 Å². The number of nitrogens with zero attached hydrogens (tertiary/aromatic N) is 1. The number of hydrogen-bond acceptors (Lipinski definition) is 2. The van der Waals surface area contributed by atoms with Crippen LogP contribution in [0.1, 0.15) is 117 Å². The van der Waals surface area contributed by atoms with E-state index in [9.17, 15) is 4.79 Å². The molecule has 1 unspecified atom stereocenters. The SMILES string of the molecule is CCCCCCCCCCCCCCCCC1N(c2ccccc2)NC(=O)C1(C)C. The van der Waals surface area contributed by atoms with Gasteiger partial charge in [-0.3, -0.25) is 15.2 Å². The molecule has 0 bridgehead atoms. The molecule has 1 atom stereocenters. The van der Waals surface area contributed by atoms with Crippen LogP contribution >= 0.6 is 0 Å². The summed E-state index contributed by atoms with van der Waals surface area (Å²) in [4.78, 5) is 12.5. The lowest BCUT2D eigenvalue weighted by molar-refractivity contribution is -0.126. The third-order valence-corrected chi connectivity index (χ3v) is 6.82. The number of hydrogen-bond donors (Lipinski definition) is 1. The predicted octanol–water partition coefficient (Wildman–Crippen LogP) is 7.80. The van der Waals surface area contributed by atoms with E-state index in [4.69, 9.17) is 0 Å². The average molecular weight is 415 g/mol. The van der Waals surface area contributed by atoms with E-state index in [1.807, 2.05) is 18.2 Å². The highest BCUT2D eigenvalue weighted by atomic mass is 16.2. The summed E-state index contributed by atoms with van der Waals surface area (Å²) in [7, 11) is 0. The molecule has 3 heteroatoms. The number of amides is 1. The monoisotopic (exact) mass is 414 g/mol. The highest BCUT2D eigenvalue weighted by molar-refractivity contribution is 5.88. The quantitative estimate of drug-likeness (QED) is 0.280. The van der Waals surface area contributed by atoms with E-state index >= 15 is 0 Å². The van der Waals surface area contributed by atoms with Crippen molar-refractivity contribution in [2.45, 2.75) is 123 Å². The summed E-state index contributed by atoms with van der Waals surface area (Å²) < 4.78 is 0. The fourth-order valence-corrected chi connectivity index (χ4v) is 4.66. The molecule has 1 heterocycles. The number of anilines is 1. The average Bonchev–Trinajstić information content (AvgIpc) is 2.98. The van der Waals surface area contributed by atoms with Crippen molar-refractivity contribution in [1.29, 1.82) is 0 Å². The molecule has 1 aromatic carbocycles. The second kappa shape index (κ2) is 13.7. The minimum atomic E-state index is -0.341. The maximum absolute atomic E-state index is 12.5. The minimum absolute atomic E-state index is 0.140. The Kier molecular flexibility index (Phi) is 11.3. The van der Waals surface area contributed by atoms with Gasteiger partial charge in [-0.25, -0.2) is 0 Å². The first-order chi connectivity index (χ1) is 14.6. The Bertz CT molecular complexity index is 584. The van der Waals surface area contributed by atoms with Crippen LogP contribution in [0, 0.1) is 5.41 Å². The van der Waals surface area contributed by atoms with Crippen LogP contribution in [0.4, 0.5) is 5.69 Å². The van der Waals surface area contributed by atoms with Crippen molar-refractivity contribution in [3.63, 3.8) is 0 Å². The summed E-state index contributed by atoms with van der Waals surface area (Å²) in [5.41, 5.74) is 3.85. The normalized spacial score (nSPS) is 18.0. The number of benzene rings is 1. The van der Waals surface area contributed by atoms with Gasteiger partial charge >= 0.3 is 0 Å². The Morgan fingerprint density at radius 3 is 1.73 bits per heavy atom. The van der Waals surface area contributed by atoms with E-state index in [1.54, 1.807) is 0 Å². The molecule has 1 amide bonds. The fraction of sp³-hybridized carbons (Fsp3) is 0.741. The van der Waals surface area contributed by atoms with Crippen LogP contribution in [-0.4, -0.2) is 11.9 Å². The van der Waals surface area contributed by atoms with Gasteiger partial charge in [0.05, 0.1) is 17.1 Å². The number of carbonyl (C=O) groups is 1. The number of rotatable bonds is 16. The maximum Gasteiger partial charge on any atom is 0.246 e. The topological polar surface area (TPSA) is 32.3 Å². The van der Waals surface area contributed by atoms with Crippen molar-refractivity contribution in [3.05, 3.63) is 30.3 Å². The Morgan fingerprint density at radius 1 is 0.767 bits per heavy atom. The lowest BCUT2D eigenvalue weighted by Crippen LogP contribution is -2.40. The second-order valence-electron chi connectivity index (χ2n) is 9.77. The predicted molar refractivity (Wildman–Crippen MR) is 130 cm³/mol. The molecule has 1 aliphatic rings. The second-order valence-corrected chi connectivity index (χ2v) is 9.77.